The van der Waals surface area contributed by atoms with Gasteiger partial charge in [0.15, 0.2) is 5.96 Å². The molecule has 2 N–H and O–H groups in total. The summed E-state index contributed by atoms with van der Waals surface area (Å²) in [6.45, 7) is 10.8. The zero-order chi connectivity index (χ0) is 22.6. The van der Waals surface area contributed by atoms with E-state index in [-0.39, 0.29) is 6.09 Å². The lowest BCUT2D eigenvalue weighted by molar-refractivity contribution is 0.0963. The lowest BCUT2D eigenvalue weighted by Crippen LogP contribution is -2.49. The smallest absolute Gasteiger partial charge is 0.409 e. The van der Waals surface area contributed by atoms with Crippen LogP contribution in [0.2, 0.25) is 0 Å². The second-order valence-corrected chi connectivity index (χ2v) is 8.81. The molecule has 7 heteroatoms. The van der Waals surface area contributed by atoms with Gasteiger partial charge in [-0.15, -0.1) is 0 Å². The maximum Gasteiger partial charge on any atom is 0.409 e. The van der Waals surface area contributed by atoms with Crippen molar-refractivity contribution in [3.63, 3.8) is 0 Å². The van der Waals surface area contributed by atoms with Crippen molar-refractivity contribution in [2.75, 3.05) is 39.3 Å². The van der Waals surface area contributed by atoms with Gasteiger partial charge in [0.25, 0.3) is 0 Å². The Balaban J connectivity index is 1.47. The number of rotatable bonds is 7. The van der Waals surface area contributed by atoms with Gasteiger partial charge in [-0.05, 0) is 63.7 Å². The lowest BCUT2D eigenvalue weighted by Gasteiger charge is -2.32. The maximum absolute atomic E-state index is 11.9. The second kappa shape index (κ2) is 13.3. The molecule has 2 aliphatic rings. The summed E-state index contributed by atoms with van der Waals surface area (Å²) in [6.07, 6.45) is 7.00. The van der Waals surface area contributed by atoms with E-state index < -0.39 is 0 Å². The van der Waals surface area contributed by atoms with Gasteiger partial charge in [0.1, 0.15) is 0 Å². The number of piperidine rings is 1. The van der Waals surface area contributed by atoms with Gasteiger partial charge in [0.05, 0.1) is 13.2 Å². The van der Waals surface area contributed by atoms with E-state index in [1.54, 1.807) is 4.90 Å². The zero-order valence-electron chi connectivity index (χ0n) is 19.9. The second-order valence-electron chi connectivity index (χ2n) is 8.81. The monoisotopic (exact) mass is 443 g/mol. The lowest BCUT2D eigenvalue weighted by atomic mass is 10.1. The molecular weight excluding hydrogens is 402 g/mol. The molecule has 0 saturated carbocycles. The van der Waals surface area contributed by atoms with Crippen molar-refractivity contribution >= 4 is 12.1 Å². The van der Waals surface area contributed by atoms with Gasteiger partial charge in [0, 0.05) is 32.2 Å². The van der Waals surface area contributed by atoms with E-state index >= 15 is 0 Å². The summed E-state index contributed by atoms with van der Waals surface area (Å²) in [7, 11) is 0. The van der Waals surface area contributed by atoms with Crippen molar-refractivity contribution in [2.24, 2.45) is 4.99 Å². The molecule has 0 unspecified atom stereocenters. The van der Waals surface area contributed by atoms with Gasteiger partial charge < -0.3 is 20.3 Å². The third kappa shape index (κ3) is 8.01. The highest BCUT2D eigenvalue weighted by Gasteiger charge is 2.24. The number of likely N-dealkylation sites (tertiary alicyclic amines) is 2. The van der Waals surface area contributed by atoms with Gasteiger partial charge in [-0.2, -0.15) is 0 Å². The molecular formula is C25H41N5O2. The van der Waals surface area contributed by atoms with Crippen LogP contribution in [0, 0.1) is 0 Å². The van der Waals surface area contributed by atoms with Gasteiger partial charge in [0.2, 0.25) is 0 Å². The number of nitrogens with zero attached hydrogens (tertiary/aromatic N) is 3. The largest absolute Gasteiger partial charge is 0.450 e. The molecule has 0 radical (unpaired) electrons. The zero-order valence-corrected chi connectivity index (χ0v) is 19.9. The number of aliphatic imine (C=N–C) groups is 1. The minimum absolute atomic E-state index is 0.203. The van der Waals surface area contributed by atoms with Crippen LogP contribution in [0.15, 0.2) is 29.3 Å². The molecule has 32 heavy (non-hydrogen) atoms. The van der Waals surface area contributed by atoms with E-state index in [9.17, 15) is 4.79 Å². The molecule has 2 heterocycles. The van der Waals surface area contributed by atoms with Crippen LogP contribution in [-0.2, 0) is 17.8 Å². The van der Waals surface area contributed by atoms with Crippen molar-refractivity contribution in [2.45, 2.75) is 71.5 Å². The van der Waals surface area contributed by atoms with E-state index in [2.05, 4.69) is 46.7 Å². The van der Waals surface area contributed by atoms with Crippen molar-refractivity contribution in [3.8, 4) is 0 Å². The number of hydrogen-bond donors (Lipinski definition) is 2. The van der Waals surface area contributed by atoms with Gasteiger partial charge >= 0.3 is 6.09 Å². The van der Waals surface area contributed by atoms with E-state index in [4.69, 9.17) is 9.73 Å². The molecule has 7 nitrogen and oxygen atoms in total. The Morgan fingerprint density at radius 1 is 1.00 bits per heavy atom. The number of guanidine groups is 1. The summed E-state index contributed by atoms with van der Waals surface area (Å²) in [4.78, 5) is 21.1. The summed E-state index contributed by atoms with van der Waals surface area (Å²) in [5, 5.41) is 6.90. The van der Waals surface area contributed by atoms with Crippen LogP contribution in [-0.4, -0.2) is 67.2 Å². The van der Waals surface area contributed by atoms with Crippen LogP contribution in [0.1, 0.15) is 63.5 Å². The third-order valence-corrected chi connectivity index (χ3v) is 6.25. The number of carbonyl (C=O) groups is 1. The number of carbonyl (C=O) groups excluding carboxylic acids is 1. The van der Waals surface area contributed by atoms with E-state index in [1.807, 2.05) is 6.92 Å². The van der Waals surface area contributed by atoms with Crippen LogP contribution >= 0.6 is 0 Å². The summed E-state index contributed by atoms with van der Waals surface area (Å²) in [6, 6.07) is 9.23. The normalized spacial score (nSPS) is 18.8. The van der Waals surface area contributed by atoms with Crippen LogP contribution in [0.3, 0.4) is 0 Å². The molecule has 1 amide bonds. The van der Waals surface area contributed by atoms with Crippen molar-refractivity contribution in [3.05, 3.63) is 35.4 Å². The Bertz CT molecular complexity index is 706. The Kier molecular flexibility index (Phi) is 10.1. The molecule has 2 aliphatic heterocycles. The first-order valence-corrected chi connectivity index (χ1v) is 12.4. The topological polar surface area (TPSA) is 69.2 Å². The molecule has 3 rings (SSSR count). The molecule has 0 atom stereocenters. The first kappa shape index (κ1) is 24.4. The van der Waals surface area contributed by atoms with Crippen molar-refractivity contribution in [1.29, 1.82) is 0 Å². The average Bonchev–Trinajstić information content (AvgIpc) is 3.08. The van der Waals surface area contributed by atoms with Crippen LogP contribution in [0.5, 0.6) is 0 Å². The average molecular weight is 444 g/mol. The van der Waals surface area contributed by atoms with Crippen molar-refractivity contribution < 1.29 is 9.53 Å². The van der Waals surface area contributed by atoms with E-state index in [0.717, 1.165) is 31.9 Å². The highest BCUT2D eigenvalue weighted by atomic mass is 16.6. The highest BCUT2D eigenvalue weighted by molar-refractivity contribution is 5.80. The summed E-state index contributed by atoms with van der Waals surface area (Å²) in [5.41, 5.74) is 2.61. The molecule has 1 aromatic carbocycles. The standard InChI is InChI=1S/C25H41N5O2/c1-3-26-24(28-23-13-17-30(18-14-23)25(31)32-4-2)27-19-21-9-11-22(12-10-21)20-29-15-7-5-6-8-16-29/h9-12,23H,3-8,13-20H2,1-2H3,(H2,26,27,28). The first-order valence-electron chi connectivity index (χ1n) is 12.4. The predicted octanol–water partition coefficient (Wildman–Crippen LogP) is 3.74. The number of benzene rings is 1. The molecule has 2 fully saturated rings. The van der Waals surface area contributed by atoms with Crippen LogP contribution < -0.4 is 10.6 Å². The van der Waals surface area contributed by atoms with Crippen LogP contribution in [0.25, 0.3) is 0 Å². The van der Waals surface area contributed by atoms with Crippen LogP contribution in [0.4, 0.5) is 4.79 Å². The molecule has 0 bridgehead atoms. The first-order chi connectivity index (χ1) is 15.7. The summed E-state index contributed by atoms with van der Waals surface area (Å²) < 4.78 is 5.11. The Morgan fingerprint density at radius 3 is 2.28 bits per heavy atom. The number of hydrogen-bond acceptors (Lipinski definition) is 4. The number of amides is 1. The molecule has 178 valence electrons. The minimum atomic E-state index is -0.203. The SMILES string of the molecule is CCNC(=NCc1ccc(CN2CCCCCC2)cc1)NC1CCN(C(=O)OCC)CC1. The Morgan fingerprint density at radius 2 is 1.66 bits per heavy atom. The Labute approximate surface area is 193 Å². The minimum Gasteiger partial charge on any atom is -0.450 e. The molecule has 2 saturated heterocycles. The maximum atomic E-state index is 11.9. The quantitative estimate of drug-likeness (QED) is 0.496. The highest BCUT2D eigenvalue weighted by Crippen LogP contribution is 2.15. The predicted molar refractivity (Wildman–Crippen MR) is 130 cm³/mol. The van der Waals surface area contributed by atoms with Gasteiger partial charge in [-0.25, -0.2) is 9.79 Å². The third-order valence-electron chi connectivity index (χ3n) is 6.25. The number of nitrogens with one attached hydrogen (secondary N) is 2. The molecule has 0 aliphatic carbocycles. The van der Waals surface area contributed by atoms with Gasteiger partial charge in [-0.1, -0.05) is 37.1 Å². The molecule has 0 spiro atoms. The Hall–Kier alpha value is -2.28. The number of ether oxygens (including phenoxy) is 1. The fraction of sp³-hybridized carbons (Fsp3) is 0.680. The summed E-state index contributed by atoms with van der Waals surface area (Å²) in [5.74, 6) is 0.843. The fourth-order valence-electron chi connectivity index (χ4n) is 4.41. The fourth-order valence-corrected chi connectivity index (χ4v) is 4.41. The van der Waals surface area contributed by atoms with E-state index in [1.165, 1.54) is 49.9 Å². The van der Waals surface area contributed by atoms with Gasteiger partial charge in [-0.3, -0.25) is 4.90 Å². The van der Waals surface area contributed by atoms with Crippen molar-refractivity contribution in [1.82, 2.24) is 20.4 Å². The summed E-state index contributed by atoms with van der Waals surface area (Å²) >= 11 is 0. The van der Waals surface area contributed by atoms with E-state index in [0.29, 0.717) is 32.3 Å². The molecule has 0 aromatic heterocycles. The molecule has 1 aromatic rings.